The third kappa shape index (κ3) is 3.23. The van der Waals surface area contributed by atoms with Gasteiger partial charge in [-0.1, -0.05) is 31.5 Å². The highest BCUT2D eigenvalue weighted by Gasteiger charge is 2.72. The molecule has 0 atom stereocenters. The summed E-state index contributed by atoms with van der Waals surface area (Å²) in [6.07, 6.45) is -11.3. The molecule has 0 saturated carbocycles. The second-order valence-electron chi connectivity index (χ2n) is 6.91. The van der Waals surface area contributed by atoms with Gasteiger partial charge in [0, 0.05) is 22.9 Å². The van der Waals surface area contributed by atoms with E-state index in [0.717, 1.165) is 4.57 Å². The van der Waals surface area contributed by atoms with Gasteiger partial charge in [0.05, 0.1) is 5.52 Å². The van der Waals surface area contributed by atoms with Crippen LogP contribution in [0.1, 0.15) is 25.3 Å². The number of unbranched alkanes of at least 4 members (excludes halogenated alkanes) is 1. The summed E-state index contributed by atoms with van der Waals surface area (Å²) in [6, 6.07) is 6.42. The molecule has 0 amide bonds. The highest BCUT2D eigenvalue weighted by Crippen LogP contribution is 2.51. The van der Waals surface area contributed by atoms with Crippen molar-refractivity contribution in [1.29, 1.82) is 0 Å². The molecule has 0 unspecified atom stereocenters. The maximum Gasteiger partial charge on any atom is 0.430 e. The Hall–Kier alpha value is -2.62. The number of alkyl halides is 6. The van der Waals surface area contributed by atoms with Crippen molar-refractivity contribution in [2.75, 3.05) is 0 Å². The lowest BCUT2D eigenvalue weighted by molar-refractivity contribution is -0.377. The van der Waals surface area contributed by atoms with E-state index in [9.17, 15) is 40.6 Å². The zero-order valence-electron chi connectivity index (χ0n) is 15.5. The molecule has 3 rings (SSSR count). The van der Waals surface area contributed by atoms with Crippen molar-refractivity contribution >= 4 is 21.7 Å². The minimum Gasteiger partial charge on any atom is -0.369 e. The third-order valence-corrected chi connectivity index (χ3v) is 5.01. The molecular weight excluding hydrogens is 419 g/mol. The predicted molar refractivity (Wildman–Crippen MR) is 96.6 cm³/mol. The number of hydrogen-bond acceptors (Lipinski definition) is 2. The van der Waals surface area contributed by atoms with Crippen LogP contribution in [-0.4, -0.2) is 22.0 Å². The van der Waals surface area contributed by atoms with Gasteiger partial charge < -0.3 is 9.67 Å². The molecule has 2 aromatic carbocycles. The van der Waals surface area contributed by atoms with E-state index in [1.54, 1.807) is 0 Å². The van der Waals surface area contributed by atoms with Gasteiger partial charge in [0.15, 0.2) is 0 Å². The number of aromatic nitrogens is 1. The summed E-state index contributed by atoms with van der Waals surface area (Å²) in [6.45, 7) is 1.91. The maximum absolute atomic E-state index is 14.6. The monoisotopic (exact) mass is 435 g/mol. The maximum atomic E-state index is 14.6. The van der Waals surface area contributed by atoms with Gasteiger partial charge in [0.2, 0.25) is 0 Å². The average Bonchev–Trinajstić information content (AvgIpc) is 2.65. The minimum atomic E-state index is -6.23. The number of halogens is 7. The van der Waals surface area contributed by atoms with E-state index in [0.29, 0.717) is 25.0 Å². The lowest BCUT2D eigenvalue weighted by atomic mass is 9.89. The number of hydrogen-bond donors (Lipinski definition) is 1. The Morgan fingerprint density at radius 2 is 1.50 bits per heavy atom. The molecule has 0 bridgehead atoms. The summed E-state index contributed by atoms with van der Waals surface area (Å²) in [7, 11) is 0. The van der Waals surface area contributed by atoms with Gasteiger partial charge in [-0.3, -0.25) is 4.79 Å². The highest BCUT2D eigenvalue weighted by atomic mass is 19.4. The summed E-state index contributed by atoms with van der Waals surface area (Å²) in [5.74, 6) is -1.92. The van der Waals surface area contributed by atoms with Crippen LogP contribution in [0.25, 0.3) is 21.7 Å². The Labute approximate surface area is 165 Å². The molecule has 0 aliphatic heterocycles. The lowest BCUT2D eigenvalue weighted by Gasteiger charge is -2.33. The van der Waals surface area contributed by atoms with Crippen LogP contribution in [0.4, 0.5) is 30.7 Å². The Kier molecular flexibility index (Phi) is 5.34. The van der Waals surface area contributed by atoms with Crippen LogP contribution >= 0.6 is 0 Å². The van der Waals surface area contributed by atoms with Crippen LogP contribution in [0.2, 0.25) is 0 Å². The fourth-order valence-electron chi connectivity index (χ4n) is 3.44. The van der Waals surface area contributed by atoms with E-state index in [1.165, 1.54) is 24.3 Å². The van der Waals surface area contributed by atoms with Gasteiger partial charge >= 0.3 is 12.4 Å². The van der Waals surface area contributed by atoms with Crippen LogP contribution in [0.15, 0.2) is 41.2 Å². The van der Waals surface area contributed by atoms with E-state index in [4.69, 9.17) is 0 Å². The summed E-state index contributed by atoms with van der Waals surface area (Å²) in [5.41, 5.74) is -8.08. The SMILES string of the molecule is CCCCn1c(=O)c2ccccc2c2cc(C(O)(C(F)(F)F)C(F)(F)F)c(F)cc21. The van der Waals surface area contributed by atoms with Crippen molar-refractivity contribution in [3.8, 4) is 0 Å². The van der Waals surface area contributed by atoms with Crippen molar-refractivity contribution in [2.45, 2.75) is 44.3 Å². The zero-order valence-corrected chi connectivity index (χ0v) is 15.5. The fourth-order valence-corrected chi connectivity index (χ4v) is 3.44. The van der Waals surface area contributed by atoms with Crippen molar-refractivity contribution in [3.05, 3.63) is 58.1 Å². The van der Waals surface area contributed by atoms with Gasteiger partial charge in [-0.25, -0.2) is 4.39 Å². The van der Waals surface area contributed by atoms with E-state index < -0.39 is 34.9 Å². The average molecular weight is 435 g/mol. The molecule has 162 valence electrons. The quantitative estimate of drug-likeness (QED) is 0.440. The second kappa shape index (κ2) is 7.26. The number of rotatable bonds is 4. The van der Waals surface area contributed by atoms with Crippen molar-refractivity contribution < 1.29 is 35.8 Å². The molecule has 30 heavy (non-hydrogen) atoms. The molecule has 0 radical (unpaired) electrons. The standard InChI is InChI=1S/C20H16F7NO2/c1-2-3-8-28-16-10-15(21)14(18(30,19(22,23)24)20(25,26)27)9-13(16)11-6-4-5-7-12(11)17(28)29/h4-7,9-10,30H,2-3,8H2,1H3. The van der Waals surface area contributed by atoms with Crippen LogP contribution in [-0.2, 0) is 12.1 Å². The van der Waals surface area contributed by atoms with E-state index in [1.807, 2.05) is 6.92 Å². The predicted octanol–water partition coefficient (Wildman–Crippen LogP) is 5.41. The number of fused-ring (bicyclic) bond motifs is 3. The Balaban J connectivity index is 2.50. The largest absolute Gasteiger partial charge is 0.430 e. The molecule has 3 nitrogen and oxygen atoms in total. The summed E-state index contributed by atoms with van der Waals surface area (Å²) < 4.78 is 95.5. The molecule has 1 heterocycles. The van der Waals surface area contributed by atoms with Crippen LogP contribution in [0, 0.1) is 5.82 Å². The summed E-state index contributed by atoms with van der Waals surface area (Å²) in [5, 5.41) is 9.58. The smallest absolute Gasteiger partial charge is 0.369 e. The van der Waals surface area contributed by atoms with E-state index >= 15 is 0 Å². The Morgan fingerprint density at radius 3 is 2.03 bits per heavy atom. The van der Waals surface area contributed by atoms with Crippen molar-refractivity contribution in [1.82, 2.24) is 4.57 Å². The topological polar surface area (TPSA) is 42.2 Å². The number of aryl methyl sites for hydroxylation is 1. The Morgan fingerprint density at radius 1 is 0.933 bits per heavy atom. The fraction of sp³-hybridized carbons (Fsp3) is 0.350. The molecule has 0 fully saturated rings. The van der Waals surface area contributed by atoms with Crippen LogP contribution in [0.3, 0.4) is 0 Å². The number of benzene rings is 2. The number of pyridine rings is 1. The second-order valence-corrected chi connectivity index (χ2v) is 6.91. The molecule has 1 N–H and O–H groups in total. The summed E-state index contributed by atoms with van der Waals surface area (Å²) in [4.78, 5) is 12.8. The minimum absolute atomic E-state index is 0.0539. The van der Waals surface area contributed by atoms with Crippen molar-refractivity contribution in [2.24, 2.45) is 0 Å². The van der Waals surface area contributed by atoms with Crippen LogP contribution < -0.4 is 5.56 Å². The molecule has 3 aromatic rings. The first-order chi connectivity index (χ1) is 13.8. The molecule has 0 spiro atoms. The zero-order chi connectivity index (χ0) is 22.5. The molecule has 1 aromatic heterocycles. The number of aliphatic hydroxyl groups is 1. The van der Waals surface area contributed by atoms with Gasteiger partial charge in [-0.2, -0.15) is 26.3 Å². The first kappa shape index (κ1) is 22.1. The first-order valence-corrected chi connectivity index (χ1v) is 8.95. The molecule has 0 aliphatic carbocycles. The van der Waals surface area contributed by atoms with E-state index in [-0.39, 0.29) is 28.2 Å². The molecule has 0 aliphatic rings. The van der Waals surface area contributed by atoms with Gasteiger partial charge in [0.1, 0.15) is 5.82 Å². The van der Waals surface area contributed by atoms with Gasteiger partial charge in [-0.05, 0) is 30.0 Å². The lowest BCUT2D eigenvalue weighted by Crippen LogP contribution is -2.54. The molecule has 0 saturated heterocycles. The first-order valence-electron chi connectivity index (χ1n) is 8.95. The van der Waals surface area contributed by atoms with Crippen molar-refractivity contribution in [3.63, 3.8) is 0 Å². The Bertz CT molecular complexity index is 1150. The van der Waals surface area contributed by atoms with Crippen LogP contribution in [0.5, 0.6) is 0 Å². The highest BCUT2D eigenvalue weighted by molar-refractivity contribution is 6.05. The normalized spacial score (nSPS) is 13.4. The molecular formula is C20H16F7NO2. The molecule has 10 heteroatoms. The number of nitrogens with zero attached hydrogens (tertiary/aromatic N) is 1. The third-order valence-electron chi connectivity index (χ3n) is 5.01. The van der Waals surface area contributed by atoms with Gasteiger partial charge in [-0.15, -0.1) is 0 Å². The van der Waals surface area contributed by atoms with E-state index in [2.05, 4.69) is 0 Å². The van der Waals surface area contributed by atoms with Gasteiger partial charge in [0.25, 0.3) is 11.2 Å². The summed E-state index contributed by atoms with van der Waals surface area (Å²) >= 11 is 0.